The van der Waals surface area contributed by atoms with Crippen LogP contribution in [0.2, 0.25) is 18.1 Å². The summed E-state index contributed by atoms with van der Waals surface area (Å²) in [4.78, 5) is 0. The third-order valence-corrected chi connectivity index (χ3v) is 8.01. The number of halogens is 2. The van der Waals surface area contributed by atoms with Crippen LogP contribution in [-0.4, -0.2) is 15.4 Å². The molecule has 0 saturated carbocycles. The fraction of sp³-hybridized carbons (Fsp3) is 0.538. The van der Waals surface area contributed by atoms with Crippen molar-refractivity contribution in [1.82, 2.24) is 0 Å². The van der Waals surface area contributed by atoms with Crippen molar-refractivity contribution >= 4 is 40.7 Å². The Balaban J connectivity index is 2.70. The van der Waals surface area contributed by atoms with Crippen molar-refractivity contribution in [2.24, 2.45) is 0 Å². The summed E-state index contributed by atoms with van der Waals surface area (Å²) >= 11 is 7.00. The molecule has 1 nitrogen and oxygen atoms in total. The first-order valence-corrected chi connectivity index (χ1v) is 10.6. The summed E-state index contributed by atoms with van der Waals surface area (Å²) in [5.74, 6) is 0.963. The average Bonchev–Trinajstić information content (AvgIpc) is 2.28. The standard InChI is InChI=1S/C13H20Br2OSi/c1-13(2,17(3)4)9-16-11-5-6-12(15)10(7-11)8-14/h5-7,17H,8-9H2,1-4H3. The molecule has 0 fully saturated rings. The molecule has 96 valence electrons. The Morgan fingerprint density at radius 2 is 1.94 bits per heavy atom. The number of hydrogen-bond acceptors (Lipinski definition) is 1. The molecular weight excluding hydrogens is 360 g/mol. The quantitative estimate of drug-likeness (QED) is 0.517. The zero-order valence-electron chi connectivity index (χ0n) is 10.9. The van der Waals surface area contributed by atoms with Crippen molar-refractivity contribution < 1.29 is 4.74 Å². The second-order valence-electron chi connectivity index (χ2n) is 5.32. The molecule has 0 bridgehead atoms. The number of alkyl halides is 1. The van der Waals surface area contributed by atoms with E-state index in [1.165, 1.54) is 5.56 Å². The molecule has 1 aromatic carbocycles. The van der Waals surface area contributed by atoms with Crippen molar-refractivity contribution in [3.8, 4) is 5.75 Å². The predicted molar refractivity (Wildman–Crippen MR) is 85.2 cm³/mol. The smallest absolute Gasteiger partial charge is 0.119 e. The number of benzene rings is 1. The summed E-state index contributed by atoms with van der Waals surface area (Å²) in [6.07, 6.45) is 0. The fourth-order valence-corrected chi connectivity index (χ4v) is 2.82. The molecule has 4 heteroatoms. The molecule has 0 heterocycles. The van der Waals surface area contributed by atoms with Crippen molar-refractivity contribution in [2.45, 2.75) is 37.3 Å². The highest BCUT2D eigenvalue weighted by Crippen LogP contribution is 2.30. The van der Waals surface area contributed by atoms with Crippen LogP contribution in [0.5, 0.6) is 5.75 Å². The Morgan fingerprint density at radius 3 is 2.47 bits per heavy atom. The topological polar surface area (TPSA) is 9.23 Å². The van der Waals surface area contributed by atoms with Crippen molar-refractivity contribution in [3.05, 3.63) is 28.2 Å². The van der Waals surface area contributed by atoms with Gasteiger partial charge in [0, 0.05) is 18.6 Å². The monoisotopic (exact) mass is 378 g/mol. The van der Waals surface area contributed by atoms with E-state index in [2.05, 4.69) is 64.9 Å². The van der Waals surface area contributed by atoms with Gasteiger partial charge in [0.05, 0.1) is 6.61 Å². The summed E-state index contributed by atoms with van der Waals surface area (Å²) in [7, 11) is -0.694. The summed E-state index contributed by atoms with van der Waals surface area (Å²) in [5.41, 5.74) is 1.22. The molecule has 17 heavy (non-hydrogen) atoms. The van der Waals surface area contributed by atoms with Gasteiger partial charge in [-0.25, -0.2) is 0 Å². The third-order valence-electron chi connectivity index (χ3n) is 3.33. The predicted octanol–water partition coefficient (Wildman–Crippen LogP) is 4.99. The van der Waals surface area contributed by atoms with Crippen LogP contribution < -0.4 is 4.74 Å². The molecule has 0 N–H and O–H groups in total. The van der Waals surface area contributed by atoms with Gasteiger partial charge >= 0.3 is 0 Å². The maximum Gasteiger partial charge on any atom is 0.119 e. The average molecular weight is 380 g/mol. The lowest BCUT2D eigenvalue weighted by Crippen LogP contribution is -2.27. The molecular formula is C13H20Br2OSi. The van der Waals surface area contributed by atoms with Gasteiger partial charge in [0.15, 0.2) is 0 Å². The first-order valence-electron chi connectivity index (χ1n) is 5.84. The second kappa shape index (κ2) is 6.39. The largest absolute Gasteiger partial charge is 0.493 e. The zero-order valence-corrected chi connectivity index (χ0v) is 15.2. The lowest BCUT2D eigenvalue weighted by Gasteiger charge is -2.28. The minimum Gasteiger partial charge on any atom is -0.493 e. The molecule has 0 aliphatic carbocycles. The summed E-state index contributed by atoms with van der Waals surface area (Å²) in [6, 6.07) is 6.16. The number of ether oxygens (including phenoxy) is 1. The van der Waals surface area contributed by atoms with E-state index in [0.717, 1.165) is 22.2 Å². The molecule has 1 rings (SSSR count). The number of rotatable bonds is 5. The van der Waals surface area contributed by atoms with E-state index in [0.29, 0.717) is 5.04 Å². The van der Waals surface area contributed by atoms with Gasteiger partial charge in [-0.15, -0.1) is 0 Å². The van der Waals surface area contributed by atoms with E-state index in [-0.39, 0.29) is 0 Å². The van der Waals surface area contributed by atoms with Crippen LogP contribution in [0.4, 0.5) is 0 Å². The molecule has 0 radical (unpaired) electrons. The SMILES string of the molecule is C[SiH](C)C(C)(C)COc1ccc(Br)c(CBr)c1. The van der Waals surface area contributed by atoms with E-state index in [1.54, 1.807) is 0 Å². The Morgan fingerprint density at radius 1 is 1.29 bits per heavy atom. The van der Waals surface area contributed by atoms with Gasteiger partial charge in [-0.3, -0.25) is 0 Å². The fourth-order valence-electron chi connectivity index (χ4n) is 1.18. The van der Waals surface area contributed by atoms with Crippen molar-refractivity contribution in [2.75, 3.05) is 6.61 Å². The van der Waals surface area contributed by atoms with Crippen LogP contribution in [0.3, 0.4) is 0 Å². The first-order chi connectivity index (χ1) is 7.86. The van der Waals surface area contributed by atoms with Crippen molar-refractivity contribution in [3.63, 3.8) is 0 Å². The Hall–Kier alpha value is 0.197. The molecule has 0 aromatic heterocycles. The maximum atomic E-state index is 5.92. The van der Waals surface area contributed by atoms with Gasteiger partial charge in [0.1, 0.15) is 5.75 Å². The number of hydrogen-bond donors (Lipinski definition) is 0. The van der Waals surface area contributed by atoms with E-state index in [4.69, 9.17) is 4.74 Å². The molecule has 0 amide bonds. The van der Waals surface area contributed by atoms with Gasteiger partial charge in [-0.2, -0.15) is 0 Å². The van der Waals surface area contributed by atoms with Gasteiger partial charge in [0.2, 0.25) is 0 Å². The molecule has 0 aliphatic heterocycles. The first kappa shape index (κ1) is 15.3. The zero-order chi connectivity index (χ0) is 13.1. The highest BCUT2D eigenvalue weighted by atomic mass is 79.9. The molecule has 0 spiro atoms. The highest BCUT2D eigenvalue weighted by Gasteiger charge is 2.24. The van der Waals surface area contributed by atoms with Crippen LogP contribution in [0.15, 0.2) is 22.7 Å². The molecule has 0 aliphatic rings. The van der Waals surface area contributed by atoms with Gasteiger partial charge in [0.25, 0.3) is 0 Å². The van der Waals surface area contributed by atoms with Crippen molar-refractivity contribution in [1.29, 1.82) is 0 Å². The third kappa shape index (κ3) is 4.41. The van der Waals surface area contributed by atoms with Gasteiger partial charge < -0.3 is 4.74 Å². The summed E-state index contributed by atoms with van der Waals surface area (Å²) in [6.45, 7) is 10.1. The van der Waals surface area contributed by atoms with E-state index < -0.39 is 8.80 Å². The van der Waals surface area contributed by atoms with Crippen LogP contribution in [0, 0.1) is 0 Å². The lowest BCUT2D eigenvalue weighted by molar-refractivity contribution is 0.276. The molecule has 0 unspecified atom stereocenters. The summed E-state index contributed by atoms with van der Waals surface area (Å²) < 4.78 is 7.05. The Kier molecular flexibility index (Phi) is 5.73. The lowest BCUT2D eigenvalue weighted by atomic mass is 10.2. The minimum absolute atomic E-state index is 0.335. The Bertz CT molecular complexity index is 378. The molecule has 1 aromatic rings. The highest BCUT2D eigenvalue weighted by molar-refractivity contribution is 9.10. The maximum absolute atomic E-state index is 5.92. The molecule has 0 saturated heterocycles. The van der Waals surface area contributed by atoms with Crippen LogP contribution in [0.25, 0.3) is 0 Å². The van der Waals surface area contributed by atoms with Crippen LogP contribution in [-0.2, 0) is 5.33 Å². The minimum atomic E-state index is -0.694. The van der Waals surface area contributed by atoms with Gasteiger partial charge in [-0.1, -0.05) is 58.8 Å². The van der Waals surface area contributed by atoms with E-state index >= 15 is 0 Å². The summed E-state index contributed by atoms with van der Waals surface area (Å²) in [5, 5.41) is 1.18. The van der Waals surface area contributed by atoms with Crippen LogP contribution in [0.1, 0.15) is 19.4 Å². The van der Waals surface area contributed by atoms with E-state index in [1.807, 2.05) is 12.1 Å². The second-order valence-corrected chi connectivity index (χ2v) is 10.6. The molecule has 0 atom stereocenters. The normalized spacial score (nSPS) is 11.9. The van der Waals surface area contributed by atoms with E-state index in [9.17, 15) is 0 Å². The van der Waals surface area contributed by atoms with Gasteiger partial charge in [-0.05, 0) is 28.8 Å². The Labute approximate surface area is 123 Å². The van der Waals surface area contributed by atoms with Crippen LogP contribution >= 0.6 is 31.9 Å².